The van der Waals surface area contributed by atoms with Crippen molar-refractivity contribution in [2.24, 2.45) is 5.10 Å². The molecular weight excluding hydrogens is 512 g/mol. The Morgan fingerprint density at radius 2 is 1.89 bits per heavy atom. The molecule has 190 valence electrons. The van der Waals surface area contributed by atoms with Crippen molar-refractivity contribution in [1.82, 2.24) is 19.1 Å². The number of sulfonamides is 1. The molecule has 0 radical (unpaired) electrons. The van der Waals surface area contributed by atoms with Gasteiger partial charge in [-0.05, 0) is 42.5 Å². The Morgan fingerprint density at radius 1 is 1.08 bits per heavy atom. The number of halogens is 1. The second-order valence-electron chi connectivity index (χ2n) is 8.48. The molecule has 1 aliphatic heterocycles. The van der Waals surface area contributed by atoms with Crippen molar-refractivity contribution >= 4 is 44.4 Å². The molecule has 0 aliphatic carbocycles. The zero-order valence-electron chi connectivity index (χ0n) is 20.3. The van der Waals surface area contributed by atoms with E-state index in [-0.39, 0.29) is 10.3 Å². The first kappa shape index (κ1) is 25.1. The molecule has 1 aliphatic rings. The SMILES string of the molecule is CCN(CC)S(=O)(=O)c1cccc(-n2ccc(=O)c(C3CC=NN3c3ccnc4cc(Cl)ccc34)n2)c1. The molecule has 11 heteroatoms. The van der Waals surface area contributed by atoms with E-state index >= 15 is 0 Å². The third-order valence-corrected chi connectivity index (χ3v) is 8.62. The second-order valence-corrected chi connectivity index (χ2v) is 10.9. The van der Waals surface area contributed by atoms with Crippen molar-refractivity contribution in [1.29, 1.82) is 0 Å². The summed E-state index contributed by atoms with van der Waals surface area (Å²) in [6.45, 7) is 4.35. The third-order valence-electron chi connectivity index (χ3n) is 6.33. The lowest BCUT2D eigenvalue weighted by atomic mass is 10.1. The van der Waals surface area contributed by atoms with E-state index in [1.165, 1.54) is 15.1 Å². The van der Waals surface area contributed by atoms with Crippen LogP contribution >= 0.6 is 11.6 Å². The van der Waals surface area contributed by atoms with E-state index in [0.717, 1.165) is 16.6 Å². The van der Waals surface area contributed by atoms with Crippen molar-refractivity contribution in [3.05, 3.63) is 87.9 Å². The number of hydrazone groups is 1. The molecular formula is C26H25ClN6O3S. The molecule has 0 saturated carbocycles. The van der Waals surface area contributed by atoms with E-state index in [9.17, 15) is 13.2 Å². The maximum Gasteiger partial charge on any atom is 0.243 e. The van der Waals surface area contributed by atoms with Gasteiger partial charge in [-0.25, -0.2) is 13.1 Å². The number of benzene rings is 2. The molecule has 0 amide bonds. The largest absolute Gasteiger partial charge is 0.288 e. The van der Waals surface area contributed by atoms with E-state index in [4.69, 9.17) is 11.6 Å². The molecule has 4 aromatic rings. The van der Waals surface area contributed by atoms with Crippen LogP contribution < -0.4 is 10.4 Å². The van der Waals surface area contributed by atoms with E-state index in [1.54, 1.807) is 73.9 Å². The molecule has 1 unspecified atom stereocenters. The number of anilines is 1. The summed E-state index contributed by atoms with van der Waals surface area (Å²) in [6, 6.07) is 14.8. The van der Waals surface area contributed by atoms with Crippen LogP contribution in [0.1, 0.15) is 32.0 Å². The Kier molecular flexibility index (Phi) is 6.80. The van der Waals surface area contributed by atoms with Crippen LogP contribution in [-0.2, 0) is 10.0 Å². The van der Waals surface area contributed by atoms with Gasteiger partial charge in [-0.3, -0.25) is 14.8 Å². The van der Waals surface area contributed by atoms with Crippen LogP contribution in [0, 0.1) is 0 Å². The monoisotopic (exact) mass is 536 g/mol. The lowest BCUT2D eigenvalue weighted by Gasteiger charge is -2.24. The summed E-state index contributed by atoms with van der Waals surface area (Å²) in [5, 5.41) is 12.4. The van der Waals surface area contributed by atoms with Crippen molar-refractivity contribution in [3.63, 3.8) is 0 Å². The molecule has 37 heavy (non-hydrogen) atoms. The Balaban J connectivity index is 1.55. The summed E-state index contributed by atoms with van der Waals surface area (Å²) in [5.41, 5.74) is 2.10. The average molecular weight is 537 g/mol. The molecule has 9 nitrogen and oxygen atoms in total. The first-order chi connectivity index (χ1) is 17.8. The van der Waals surface area contributed by atoms with Gasteiger partial charge >= 0.3 is 0 Å². The minimum atomic E-state index is -3.65. The Labute approximate surface area is 219 Å². The maximum atomic E-state index is 13.0. The molecule has 0 spiro atoms. The average Bonchev–Trinajstić information content (AvgIpc) is 3.38. The van der Waals surface area contributed by atoms with Crippen molar-refractivity contribution in [3.8, 4) is 5.69 Å². The fraction of sp³-hybridized carbons (Fsp3) is 0.231. The molecule has 1 atom stereocenters. The molecule has 0 bridgehead atoms. The summed E-state index contributed by atoms with van der Waals surface area (Å²) < 4.78 is 29.0. The van der Waals surface area contributed by atoms with Gasteiger partial charge in [0.25, 0.3) is 0 Å². The molecule has 0 N–H and O–H groups in total. The number of fused-ring (bicyclic) bond motifs is 1. The van der Waals surface area contributed by atoms with Gasteiger partial charge in [0.05, 0.1) is 21.8 Å². The predicted octanol–water partition coefficient (Wildman–Crippen LogP) is 4.40. The smallest absolute Gasteiger partial charge is 0.243 e. The highest BCUT2D eigenvalue weighted by atomic mass is 35.5. The van der Waals surface area contributed by atoms with Gasteiger partial charge < -0.3 is 0 Å². The highest BCUT2D eigenvalue weighted by Crippen LogP contribution is 2.36. The van der Waals surface area contributed by atoms with Gasteiger partial charge in [0.15, 0.2) is 0 Å². The van der Waals surface area contributed by atoms with Crippen molar-refractivity contribution in [2.45, 2.75) is 31.2 Å². The molecule has 3 heterocycles. The Morgan fingerprint density at radius 3 is 2.68 bits per heavy atom. The van der Waals surface area contributed by atoms with Crippen LogP contribution in [-0.4, -0.2) is 46.8 Å². The minimum absolute atomic E-state index is 0.170. The molecule has 0 fully saturated rings. The highest BCUT2D eigenvalue weighted by Gasteiger charge is 2.29. The van der Waals surface area contributed by atoms with Gasteiger partial charge in [-0.15, -0.1) is 0 Å². The number of pyridine rings is 1. The summed E-state index contributed by atoms with van der Waals surface area (Å²) in [5.74, 6) is 0. The highest BCUT2D eigenvalue weighted by molar-refractivity contribution is 7.89. The first-order valence-corrected chi connectivity index (χ1v) is 13.7. The molecule has 0 saturated heterocycles. The predicted molar refractivity (Wildman–Crippen MR) is 145 cm³/mol. The number of nitrogens with zero attached hydrogens (tertiary/aromatic N) is 6. The summed E-state index contributed by atoms with van der Waals surface area (Å²) in [6.07, 6.45) is 5.46. The van der Waals surface area contributed by atoms with E-state index in [0.29, 0.717) is 35.9 Å². The zero-order chi connectivity index (χ0) is 26.2. The third kappa shape index (κ3) is 4.63. The van der Waals surface area contributed by atoms with Crippen molar-refractivity contribution in [2.75, 3.05) is 18.1 Å². The fourth-order valence-electron chi connectivity index (χ4n) is 4.47. The topological polar surface area (TPSA) is 101 Å². The van der Waals surface area contributed by atoms with Gasteiger partial charge in [-0.2, -0.15) is 14.5 Å². The summed E-state index contributed by atoms with van der Waals surface area (Å²) in [7, 11) is -3.65. The second kappa shape index (κ2) is 10.0. The number of rotatable bonds is 7. The van der Waals surface area contributed by atoms with Gasteiger partial charge in [0, 0.05) is 54.6 Å². The maximum absolute atomic E-state index is 13.0. The normalized spacial score (nSPS) is 15.7. The van der Waals surface area contributed by atoms with Gasteiger partial charge in [0.1, 0.15) is 11.7 Å². The Hall–Kier alpha value is -3.60. The van der Waals surface area contributed by atoms with Gasteiger partial charge in [-0.1, -0.05) is 31.5 Å². The van der Waals surface area contributed by atoms with Crippen LogP contribution in [0.5, 0.6) is 0 Å². The molecule has 2 aromatic heterocycles. The number of hydrogen-bond acceptors (Lipinski definition) is 7. The van der Waals surface area contributed by atoms with Crippen LogP contribution in [0.15, 0.2) is 81.8 Å². The van der Waals surface area contributed by atoms with E-state index in [2.05, 4.69) is 15.2 Å². The van der Waals surface area contributed by atoms with Crippen LogP contribution in [0.3, 0.4) is 0 Å². The molecule has 5 rings (SSSR count). The zero-order valence-corrected chi connectivity index (χ0v) is 21.9. The van der Waals surface area contributed by atoms with Crippen LogP contribution in [0.2, 0.25) is 5.02 Å². The van der Waals surface area contributed by atoms with E-state index in [1.807, 2.05) is 12.1 Å². The minimum Gasteiger partial charge on any atom is -0.288 e. The number of hydrogen-bond donors (Lipinski definition) is 0. The number of aromatic nitrogens is 3. The quantitative estimate of drug-likeness (QED) is 0.347. The van der Waals surface area contributed by atoms with Crippen LogP contribution in [0.4, 0.5) is 5.69 Å². The lowest BCUT2D eigenvalue weighted by molar-refractivity contribution is 0.445. The summed E-state index contributed by atoms with van der Waals surface area (Å²) in [4.78, 5) is 17.5. The Bertz CT molecular complexity index is 1670. The first-order valence-electron chi connectivity index (χ1n) is 11.9. The lowest BCUT2D eigenvalue weighted by Crippen LogP contribution is -2.30. The summed E-state index contributed by atoms with van der Waals surface area (Å²) >= 11 is 6.15. The standard InChI is InChI=1S/C26H25ClN6O3S/c1-3-31(4-2)37(35,36)20-7-5-6-19(17-20)32-15-12-25(34)26(30-32)24-11-14-29-33(24)23-10-13-28-22-16-18(27)8-9-21(22)23/h5-10,12-17,24H,3-4,11H2,1-2H3. The molecule has 2 aromatic carbocycles. The van der Waals surface area contributed by atoms with E-state index < -0.39 is 16.1 Å². The van der Waals surface area contributed by atoms with Crippen molar-refractivity contribution < 1.29 is 8.42 Å². The fourth-order valence-corrected chi connectivity index (χ4v) is 6.14. The van der Waals surface area contributed by atoms with Crippen LogP contribution in [0.25, 0.3) is 16.6 Å². The van der Waals surface area contributed by atoms with Gasteiger partial charge in [0.2, 0.25) is 15.5 Å².